The molecule has 0 amide bonds. The summed E-state index contributed by atoms with van der Waals surface area (Å²) in [5.41, 5.74) is 16.0. The van der Waals surface area contributed by atoms with Gasteiger partial charge in [-0.3, -0.25) is 9.79 Å². The number of esters is 1. The van der Waals surface area contributed by atoms with Crippen molar-refractivity contribution in [3.63, 3.8) is 0 Å². The number of carbonyl (C=O) groups excluding carboxylic acids is 1. The number of hydrogen-bond donors (Lipinski definition) is 4. The fourth-order valence-corrected chi connectivity index (χ4v) is 5.00. The first kappa shape index (κ1) is 28.2. The normalized spacial score (nSPS) is 24.0. The Morgan fingerprint density at radius 3 is 2.41 bits per heavy atom. The summed E-state index contributed by atoms with van der Waals surface area (Å²) in [6, 6.07) is -0.210. The minimum absolute atomic E-state index is 0.107. The van der Waals surface area contributed by atoms with Crippen molar-refractivity contribution in [1.29, 1.82) is 0 Å². The number of rotatable bonds is 17. The van der Waals surface area contributed by atoms with E-state index in [4.69, 9.17) is 26.7 Å². The monoisotopic (exact) mass is 480 g/mol. The Kier molecular flexibility index (Phi) is 13.1. The van der Waals surface area contributed by atoms with E-state index < -0.39 is 11.6 Å². The maximum Gasteiger partial charge on any atom is 0.316 e. The van der Waals surface area contributed by atoms with Gasteiger partial charge in [0.05, 0.1) is 12.6 Å². The molecule has 34 heavy (non-hydrogen) atoms. The Hall–Kier alpha value is -2.03. The topological polar surface area (TPSA) is 150 Å². The molecule has 3 atom stereocenters. The molecule has 2 heterocycles. The first-order valence-corrected chi connectivity index (χ1v) is 13.5. The van der Waals surface area contributed by atoms with E-state index in [9.17, 15) is 4.79 Å². The van der Waals surface area contributed by atoms with Crippen LogP contribution in [0.25, 0.3) is 0 Å². The lowest BCUT2D eigenvalue weighted by molar-refractivity contribution is -0.165. The van der Waals surface area contributed by atoms with E-state index in [2.05, 4.69) is 22.2 Å². The number of hydrogen-bond acceptors (Lipinski definition) is 7. The summed E-state index contributed by atoms with van der Waals surface area (Å²) >= 11 is 0. The van der Waals surface area contributed by atoms with Gasteiger partial charge in [0.25, 0.3) is 0 Å². The van der Waals surface area contributed by atoms with Gasteiger partial charge >= 0.3 is 5.97 Å². The third kappa shape index (κ3) is 9.68. The zero-order chi connectivity index (χ0) is 24.7. The first-order chi connectivity index (χ1) is 16.5. The highest BCUT2D eigenvalue weighted by molar-refractivity contribution is 5.84. The number of aliphatic imine (C=N–C) groups is 2. The molecule has 9 heteroatoms. The molecule has 2 aliphatic rings. The van der Waals surface area contributed by atoms with Crippen LogP contribution in [-0.4, -0.2) is 49.4 Å². The van der Waals surface area contributed by atoms with E-state index in [1.54, 1.807) is 0 Å². The summed E-state index contributed by atoms with van der Waals surface area (Å²) in [5.74, 6) is -0.240. The highest BCUT2D eigenvalue weighted by Crippen LogP contribution is 2.38. The quantitative estimate of drug-likeness (QED) is 0.108. The average Bonchev–Trinajstić information content (AvgIpc) is 3.24. The second-order valence-electron chi connectivity index (χ2n) is 9.68. The fraction of sp³-hybridized carbons (Fsp3) is 0.880. The molecule has 0 aromatic rings. The summed E-state index contributed by atoms with van der Waals surface area (Å²) in [4.78, 5) is 21.8. The van der Waals surface area contributed by atoms with Gasteiger partial charge in [0.15, 0.2) is 17.6 Å². The predicted octanol–water partition coefficient (Wildman–Crippen LogP) is 3.30. The van der Waals surface area contributed by atoms with Crippen LogP contribution in [0.15, 0.2) is 9.98 Å². The van der Waals surface area contributed by atoms with Gasteiger partial charge in [0, 0.05) is 13.2 Å². The van der Waals surface area contributed by atoms with Gasteiger partial charge in [-0.2, -0.15) is 0 Å². The van der Waals surface area contributed by atoms with Crippen molar-refractivity contribution in [3.8, 4) is 0 Å². The fourth-order valence-electron chi connectivity index (χ4n) is 5.00. The Labute approximate surface area is 205 Å². The number of guanidine groups is 2. The summed E-state index contributed by atoms with van der Waals surface area (Å²) in [6.45, 7) is 3.82. The standard InChI is InChI=1S/C25H48N6O3/c1-2-3-4-5-6-7-8-9-11-15-20-21(25(16-14-19-34-25)31-24(28)30-20)22(32)33-18-13-10-12-17-29-23(26)27/h20-21H,2-19H2,1H3,(H4,26,27,29)(H3,28,30,31)/t20-,21?,25+/m0/s1. The van der Waals surface area contributed by atoms with Crippen LogP contribution in [0.2, 0.25) is 0 Å². The smallest absolute Gasteiger partial charge is 0.316 e. The lowest BCUT2D eigenvalue weighted by Crippen LogP contribution is -2.64. The molecule has 196 valence electrons. The van der Waals surface area contributed by atoms with Crippen molar-refractivity contribution in [2.45, 2.75) is 115 Å². The Morgan fingerprint density at radius 1 is 1.09 bits per heavy atom. The van der Waals surface area contributed by atoms with Gasteiger partial charge in [-0.25, -0.2) is 4.99 Å². The average molecular weight is 481 g/mol. The Balaban J connectivity index is 1.81. The van der Waals surface area contributed by atoms with Crippen LogP contribution in [0.5, 0.6) is 0 Å². The highest BCUT2D eigenvalue weighted by atomic mass is 16.5. The van der Waals surface area contributed by atoms with Crippen LogP contribution in [0.3, 0.4) is 0 Å². The van der Waals surface area contributed by atoms with E-state index in [0.29, 0.717) is 25.7 Å². The second kappa shape index (κ2) is 15.8. The molecule has 0 bridgehead atoms. The molecule has 0 aromatic carbocycles. The minimum atomic E-state index is -0.791. The maximum absolute atomic E-state index is 13.2. The SMILES string of the molecule is CCCCCCCCCCC[C@@H]1N=C(N)N[C@@]2(CCCO2)C1C(=O)OCCCCCN=C(N)N. The van der Waals surface area contributed by atoms with Crippen molar-refractivity contribution in [2.24, 2.45) is 33.1 Å². The van der Waals surface area contributed by atoms with Gasteiger partial charge in [0.1, 0.15) is 5.92 Å². The van der Waals surface area contributed by atoms with Gasteiger partial charge in [-0.15, -0.1) is 0 Å². The van der Waals surface area contributed by atoms with Gasteiger partial charge in [-0.1, -0.05) is 64.7 Å². The molecule has 0 aliphatic carbocycles. The molecule has 0 aromatic heterocycles. The summed E-state index contributed by atoms with van der Waals surface area (Å²) in [6.07, 6.45) is 16.3. The molecular formula is C25H48N6O3. The molecule has 1 spiro atoms. The zero-order valence-electron chi connectivity index (χ0n) is 21.2. The molecule has 0 radical (unpaired) electrons. The van der Waals surface area contributed by atoms with E-state index >= 15 is 0 Å². The molecule has 1 saturated heterocycles. The number of nitrogens with two attached hydrogens (primary N) is 3. The third-order valence-corrected chi connectivity index (χ3v) is 6.78. The Bertz CT molecular complexity index is 645. The molecular weight excluding hydrogens is 432 g/mol. The first-order valence-electron chi connectivity index (χ1n) is 13.5. The van der Waals surface area contributed by atoms with Crippen LogP contribution < -0.4 is 22.5 Å². The van der Waals surface area contributed by atoms with Crippen LogP contribution in [0.4, 0.5) is 0 Å². The van der Waals surface area contributed by atoms with Crippen molar-refractivity contribution in [1.82, 2.24) is 5.32 Å². The highest BCUT2D eigenvalue weighted by Gasteiger charge is 2.53. The predicted molar refractivity (Wildman–Crippen MR) is 137 cm³/mol. The maximum atomic E-state index is 13.2. The van der Waals surface area contributed by atoms with Crippen LogP contribution in [0, 0.1) is 5.92 Å². The zero-order valence-corrected chi connectivity index (χ0v) is 21.2. The molecule has 2 aliphatic heterocycles. The van der Waals surface area contributed by atoms with Crippen LogP contribution in [-0.2, 0) is 14.3 Å². The molecule has 2 rings (SSSR count). The van der Waals surface area contributed by atoms with Gasteiger partial charge in [0.2, 0.25) is 0 Å². The molecule has 1 fully saturated rings. The number of carbonyl (C=O) groups is 1. The van der Waals surface area contributed by atoms with Crippen molar-refractivity contribution >= 4 is 17.9 Å². The second-order valence-corrected chi connectivity index (χ2v) is 9.68. The number of unbranched alkanes of at least 4 members (excludes halogenated alkanes) is 10. The van der Waals surface area contributed by atoms with E-state index in [0.717, 1.165) is 51.4 Å². The van der Waals surface area contributed by atoms with E-state index in [1.807, 2.05) is 0 Å². The molecule has 9 nitrogen and oxygen atoms in total. The molecule has 0 saturated carbocycles. The Morgan fingerprint density at radius 2 is 1.76 bits per heavy atom. The van der Waals surface area contributed by atoms with Gasteiger partial charge < -0.3 is 32.0 Å². The summed E-state index contributed by atoms with van der Waals surface area (Å²) in [5, 5.41) is 3.18. The van der Waals surface area contributed by atoms with Crippen LogP contribution >= 0.6 is 0 Å². The minimum Gasteiger partial charge on any atom is -0.465 e. The number of nitrogens with zero attached hydrogens (tertiary/aromatic N) is 2. The number of ether oxygens (including phenoxy) is 2. The lowest BCUT2D eigenvalue weighted by Gasteiger charge is -2.42. The largest absolute Gasteiger partial charge is 0.465 e. The third-order valence-electron chi connectivity index (χ3n) is 6.78. The van der Waals surface area contributed by atoms with Crippen molar-refractivity contribution < 1.29 is 14.3 Å². The van der Waals surface area contributed by atoms with Crippen molar-refractivity contribution in [2.75, 3.05) is 19.8 Å². The molecule has 7 N–H and O–H groups in total. The van der Waals surface area contributed by atoms with Gasteiger partial charge in [-0.05, 0) is 38.5 Å². The van der Waals surface area contributed by atoms with Crippen molar-refractivity contribution in [3.05, 3.63) is 0 Å². The summed E-state index contributed by atoms with van der Waals surface area (Å²) in [7, 11) is 0. The van der Waals surface area contributed by atoms with E-state index in [1.165, 1.54) is 44.9 Å². The number of nitrogens with one attached hydrogen (secondary N) is 1. The van der Waals surface area contributed by atoms with E-state index in [-0.39, 0.29) is 18.0 Å². The molecule has 1 unspecified atom stereocenters. The lowest BCUT2D eigenvalue weighted by atomic mass is 9.82. The van der Waals surface area contributed by atoms with Crippen LogP contribution in [0.1, 0.15) is 103 Å². The summed E-state index contributed by atoms with van der Waals surface area (Å²) < 4.78 is 11.8.